The van der Waals surface area contributed by atoms with Crippen molar-refractivity contribution in [3.05, 3.63) is 24.1 Å². The van der Waals surface area contributed by atoms with Gasteiger partial charge in [-0.3, -0.25) is 4.57 Å². The van der Waals surface area contributed by atoms with E-state index in [9.17, 15) is 14.3 Å². The molecule has 4 fully saturated rings. The highest BCUT2D eigenvalue weighted by atomic mass is 19.1. The van der Waals surface area contributed by atoms with E-state index in [0.29, 0.717) is 11.3 Å². The third kappa shape index (κ3) is 6.36. The fourth-order valence-corrected chi connectivity index (χ4v) is 11.5. The minimum Gasteiger partial charge on any atom is -0.431 e. The molecule has 12 atom stereocenters. The summed E-state index contributed by atoms with van der Waals surface area (Å²) in [5.41, 5.74) is 7.08. The number of fused-ring (bicyclic) bond motifs is 6. The third-order valence-electron chi connectivity index (χ3n) is 15.1. The summed E-state index contributed by atoms with van der Waals surface area (Å²) in [6.07, 6.45) is 12.4. The minimum atomic E-state index is -1.21. The number of allylic oxidation sites excluding steroid dienone is 1. The predicted octanol–water partition coefficient (Wildman–Crippen LogP) is 8.40. The number of ether oxygens (including phenoxy) is 3. The van der Waals surface area contributed by atoms with Crippen LogP contribution >= 0.6 is 0 Å². The molecule has 7 rings (SSSR count). The third-order valence-corrected chi connectivity index (χ3v) is 15.1. The van der Waals surface area contributed by atoms with Gasteiger partial charge in [-0.15, -0.1) is 0 Å². The van der Waals surface area contributed by atoms with Crippen LogP contribution in [0.15, 0.2) is 18.0 Å². The van der Waals surface area contributed by atoms with Crippen LogP contribution in [0.1, 0.15) is 125 Å². The van der Waals surface area contributed by atoms with Crippen molar-refractivity contribution in [3.63, 3.8) is 0 Å². The number of anilines is 1. The van der Waals surface area contributed by atoms with Gasteiger partial charge in [0.2, 0.25) is 0 Å². The van der Waals surface area contributed by atoms with Crippen molar-refractivity contribution >= 4 is 23.1 Å². The van der Waals surface area contributed by atoms with Gasteiger partial charge in [-0.2, -0.15) is 14.4 Å². The van der Waals surface area contributed by atoms with Crippen LogP contribution in [0.2, 0.25) is 0 Å². The van der Waals surface area contributed by atoms with Gasteiger partial charge in [0.1, 0.15) is 24.0 Å². The van der Waals surface area contributed by atoms with Gasteiger partial charge in [0, 0.05) is 12.8 Å². The molecule has 3 N–H and O–H groups in total. The lowest BCUT2D eigenvalue weighted by Crippen LogP contribution is -2.51. The van der Waals surface area contributed by atoms with Crippen LogP contribution in [-0.4, -0.2) is 55.2 Å². The van der Waals surface area contributed by atoms with E-state index in [0.717, 1.165) is 61.2 Å². The fraction of sp³-hybridized carbons (Fsp3) is 0.800. The Morgan fingerprint density at radius 2 is 1.86 bits per heavy atom. The Hall–Kier alpha value is -2.79. The summed E-state index contributed by atoms with van der Waals surface area (Å²) in [5, 5.41) is 10.3. The monoisotopic (exact) mass is 709 g/mol. The molecule has 1 saturated heterocycles. The smallest absolute Gasteiger partial charge is 0.431 e. The Balaban J connectivity index is 0.977. The molecule has 0 spiro atoms. The quantitative estimate of drug-likeness (QED) is 0.150. The first-order valence-corrected chi connectivity index (χ1v) is 19.7. The summed E-state index contributed by atoms with van der Waals surface area (Å²) in [6, 6.07) is 0. The zero-order chi connectivity index (χ0) is 36.5. The molecule has 282 valence electrons. The molecular weight excluding hydrogens is 649 g/mol. The SMILES string of the molecule is CC(C)[C@H](C)CC[C@@H](C)[C@H]1CC[C@H]2[C@@H]3CC=C4C[C@@H](OC(=O)O[C@H]5C[C@H](n6cnc7c(N)nc(F)nc76)O[C@]5(C)CO)CC[C@]4(C)[C@H]3CC[C@]12C. The normalized spacial score (nSPS) is 38.9. The number of nitrogens with zero attached hydrogens (tertiary/aromatic N) is 4. The van der Waals surface area contributed by atoms with Gasteiger partial charge < -0.3 is 25.1 Å². The molecule has 2 aromatic rings. The largest absolute Gasteiger partial charge is 0.508 e. The molecule has 2 aromatic heterocycles. The van der Waals surface area contributed by atoms with Crippen LogP contribution in [0.3, 0.4) is 0 Å². The minimum absolute atomic E-state index is 0.0795. The van der Waals surface area contributed by atoms with Crippen molar-refractivity contribution in [2.75, 3.05) is 12.3 Å². The number of rotatable bonds is 9. The molecule has 11 heteroatoms. The average molecular weight is 710 g/mol. The van der Waals surface area contributed by atoms with E-state index in [1.54, 1.807) is 6.92 Å². The zero-order valence-electron chi connectivity index (χ0n) is 31.7. The topological polar surface area (TPSA) is 135 Å². The van der Waals surface area contributed by atoms with Gasteiger partial charge in [0.05, 0.1) is 12.9 Å². The number of carbonyl (C=O) groups excluding carboxylic acids is 1. The van der Waals surface area contributed by atoms with Crippen LogP contribution in [-0.2, 0) is 14.2 Å². The number of hydrogen-bond acceptors (Lipinski definition) is 9. The number of nitrogen functional groups attached to an aromatic ring is 1. The number of aliphatic hydroxyl groups is 1. The molecule has 3 heterocycles. The van der Waals surface area contributed by atoms with Gasteiger partial charge in [0.15, 0.2) is 17.0 Å². The van der Waals surface area contributed by atoms with E-state index in [1.807, 2.05) is 0 Å². The van der Waals surface area contributed by atoms with E-state index in [1.165, 1.54) is 55.0 Å². The van der Waals surface area contributed by atoms with E-state index in [2.05, 4.69) is 62.6 Å². The molecule has 0 radical (unpaired) electrons. The second-order valence-electron chi connectivity index (χ2n) is 18.1. The van der Waals surface area contributed by atoms with Gasteiger partial charge in [0.25, 0.3) is 0 Å². The Morgan fingerprint density at radius 3 is 2.61 bits per heavy atom. The molecule has 5 aliphatic rings. The Bertz CT molecular complexity index is 1650. The zero-order valence-corrected chi connectivity index (χ0v) is 31.7. The molecule has 0 unspecified atom stereocenters. The summed E-state index contributed by atoms with van der Waals surface area (Å²) < 4.78 is 33.5. The fourth-order valence-electron chi connectivity index (χ4n) is 11.5. The van der Waals surface area contributed by atoms with Gasteiger partial charge >= 0.3 is 12.2 Å². The molecule has 0 amide bonds. The second-order valence-corrected chi connectivity index (χ2v) is 18.1. The lowest BCUT2D eigenvalue weighted by Gasteiger charge is -2.58. The maximum Gasteiger partial charge on any atom is 0.508 e. The van der Waals surface area contributed by atoms with Crippen LogP contribution < -0.4 is 5.73 Å². The first-order valence-electron chi connectivity index (χ1n) is 19.7. The summed E-state index contributed by atoms with van der Waals surface area (Å²) in [4.78, 5) is 24.9. The summed E-state index contributed by atoms with van der Waals surface area (Å²) in [6.45, 7) is 16.1. The first kappa shape index (κ1) is 36.6. The van der Waals surface area contributed by atoms with Crippen molar-refractivity contribution in [2.45, 2.75) is 143 Å². The number of nitrogens with two attached hydrogens (primary N) is 1. The van der Waals surface area contributed by atoms with Crippen molar-refractivity contribution in [1.29, 1.82) is 0 Å². The van der Waals surface area contributed by atoms with Gasteiger partial charge in [-0.05, 0) is 104 Å². The number of hydrogen-bond donors (Lipinski definition) is 2. The maximum absolute atomic E-state index is 14.0. The van der Waals surface area contributed by atoms with Crippen molar-refractivity contribution in [3.8, 4) is 0 Å². The van der Waals surface area contributed by atoms with Crippen molar-refractivity contribution in [1.82, 2.24) is 19.5 Å². The van der Waals surface area contributed by atoms with E-state index in [-0.39, 0.29) is 34.9 Å². The van der Waals surface area contributed by atoms with Gasteiger partial charge in [-0.25, -0.2) is 9.78 Å². The van der Waals surface area contributed by atoms with E-state index < -0.39 is 36.8 Å². The number of aromatic nitrogens is 4. The van der Waals surface area contributed by atoms with Crippen LogP contribution in [0.25, 0.3) is 11.2 Å². The molecule has 1 aliphatic heterocycles. The molecule has 0 bridgehead atoms. The molecule has 4 aliphatic carbocycles. The Labute approximate surface area is 302 Å². The van der Waals surface area contributed by atoms with Crippen LogP contribution in [0.4, 0.5) is 15.0 Å². The second kappa shape index (κ2) is 13.6. The highest BCUT2D eigenvalue weighted by Gasteiger charge is 2.59. The highest BCUT2D eigenvalue weighted by molar-refractivity contribution is 5.81. The van der Waals surface area contributed by atoms with Crippen LogP contribution in [0, 0.1) is 58.3 Å². The maximum atomic E-state index is 14.0. The van der Waals surface area contributed by atoms with Crippen molar-refractivity contribution < 1.29 is 28.5 Å². The number of aliphatic hydroxyl groups excluding tert-OH is 1. The van der Waals surface area contributed by atoms with Crippen LogP contribution in [0.5, 0.6) is 0 Å². The highest BCUT2D eigenvalue weighted by Crippen LogP contribution is 2.67. The molecule has 51 heavy (non-hydrogen) atoms. The molecule has 10 nitrogen and oxygen atoms in total. The van der Waals surface area contributed by atoms with E-state index in [4.69, 9.17) is 19.9 Å². The number of carbonyl (C=O) groups is 1. The van der Waals surface area contributed by atoms with Crippen molar-refractivity contribution in [2.24, 2.45) is 52.3 Å². The first-order chi connectivity index (χ1) is 24.2. The molecule has 0 aromatic carbocycles. The lowest BCUT2D eigenvalue weighted by atomic mass is 9.47. The number of imidazole rings is 1. The molecular formula is C40H60FN5O5. The lowest BCUT2D eigenvalue weighted by molar-refractivity contribution is -0.125. The Kier molecular flexibility index (Phi) is 9.72. The van der Waals surface area contributed by atoms with E-state index >= 15 is 0 Å². The predicted molar refractivity (Wildman–Crippen MR) is 193 cm³/mol. The van der Waals surface area contributed by atoms with Gasteiger partial charge in [-0.1, -0.05) is 66.0 Å². The average Bonchev–Trinajstić information content (AvgIpc) is 3.76. The summed E-state index contributed by atoms with van der Waals surface area (Å²) >= 11 is 0. The summed E-state index contributed by atoms with van der Waals surface area (Å²) in [7, 11) is 0. The number of halogens is 1. The summed E-state index contributed by atoms with van der Waals surface area (Å²) in [5.74, 6) is 5.31. The Morgan fingerprint density at radius 1 is 1.08 bits per heavy atom. The molecule has 3 saturated carbocycles. The standard InChI is InChI=1S/C40H60FN5O5/c1-22(2)23(3)8-9-24(4)28-12-13-29-27-11-10-25-18-26(14-16-38(25,5)30(27)15-17-39(28,29)6)49-37(48)50-31-19-32(51-40(31,7)20-47)46-21-43-33-34(42)44-36(41)45-35(33)46/h10,21-24,26-32,47H,8-9,11-20H2,1-7H3,(H2,42,44,45)/t23-,24-,26+,27+,28-,29+,30+,31+,32-,38+,39-,40-/m1/s1.